The van der Waals surface area contributed by atoms with E-state index in [9.17, 15) is 19.8 Å². The highest BCUT2D eigenvalue weighted by molar-refractivity contribution is 5.76. The van der Waals surface area contributed by atoms with Crippen LogP contribution in [0.15, 0.2) is 12.2 Å². The third kappa shape index (κ3) is 53.8. The summed E-state index contributed by atoms with van der Waals surface area (Å²) in [5, 5.41) is 23.3. The molecule has 0 heterocycles. The fourth-order valence-electron chi connectivity index (χ4n) is 9.64. The van der Waals surface area contributed by atoms with Crippen molar-refractivity contribution in [3.8, 4) is 0 Å². The monoisotopic (exact) mass is 946 g/mol. The molecule has 0 aliphatic rings. The maximum atomic E-state index is 12.5. The van der Waals surface area contributed by atoms with E-state index in [4.69, 9.17) is 4.74 Å². The number of hydrogen-bond donors (Lipinski definition) is 3. The standard InChI is InChI=1S/C61H119NO5/c1-3-5-7-9-11-13-15-17-30-33-37-41-45-49-53-59(64)58(57-63)62-60(65)54-50-46-42-38-34-31-27-25-23-21-19-18-20-22-24-26-28-32-36-40-44-48-52-56-67-61(66)55-51-47-43-39-35-29-16-14-12-10-8-6-4-2/h14,16,58-59,63-64H,3-13,15,17-57H2,1-2H3,(H,62,65)/b16-14-. The zero-order valence-electron chi connectivity index (χ0n) is 45.4. The molecule has 0 radical (unpaired) electrons. The molecule has 1 amide bonds. The van der Waals surface area contributed by atoms with Crippen molar-refractivity contribution in [2.45, 2.75) is 353 Å². The average molecular weight is 947 g/mol. The average Bonchev–Trinajstić information content (AvgIpc) is 3.33. The molecule has 0 aromatic carbocycles. The molecule has 3 N–H and O–H groups in total. The predicted octanol–water partition coefficient (Wildman–Crippen LogP) is 18.9. The number of allylic oxidation sites excluding steroid dienone is 2. The molecule has 0 aromatic rings. The number of hydrogen-bond acceptors (Lipinski definition) is 5. The van der Waals surface area contributed by atoms with E-state index < -0.39 is 12.1 Å². The van der Waals surface area contributed by atoms with Crippen molar-refractivity contribution < 1.29 is 24.5 Å². The van der Waals surface area contributed by atoms with E-state index in [0.717, 1.165) is 44.9 Å². The molecule has 0 aliphatic heterocycles. The number of aliphatic hydroxyl groups excluding tert-OH is 2. The molecule has 0 saturated carbocycles. The molecule has 6 nitrogen and oxygen atoms in total. The maximum absolute atomic E-state index is 12.5. The molecule has 2 atom stereocenters. The van der Waals surface area contributed by atoms with Gasteiger partial charge in [0, 0.05) is 12.8 Å². The Bertz CT molecular complexity index is 1000. The second kappa shape index (κ2) is 57.2. The summed E-state index contributed by atoms with van der Waals surface area (Å²) >= 11 is 0. The Morgan fingerprint density at radius 2 is 0.701 bits per heavy atom. The molecule has 0 fully saturated rings. The van der Waals surface area contributed by atoms with Crippen LogP contribution in [-0.2, 0) is 14.3 Å². The first-order valence-corrected chi connectivity index (χ1v) is 30.4. The Kier molecular flexibility index (Phi) is 56.0. The van der Waals surface area contributed by atoms with Crippen LogP contribution in [0.3, 0.4) is 0 Å². The summed E-state index contributed by atoms with van der Waals surface area (Å²) in [6.07, 6.45) is 67.9. The van der Waals surface area contributed by atoms with Crippen LogP contribution in [0, 0.1) is 0 Å². The molecular weight excluding hydrogens is 827 g/mol. The number of carbonyl (C=O) groups is 2. The van der Waals surface area contributed by atoms with Crippen LogP contribution < -0.4 is 5.32 Å². The van der Waals surface area contributed by atoms with Gasteiger partial charge in [0.25, 0.3) is 0 Å². The van der Waals surface area contributed by atoms with Crippen molar-refractivity contribution in [3.05, 3.63) is 12.2 Å². The second-order valence-corrected chi connectivity index (χ2v) is 21.0. The lowest BCUT2D eigenvalue weighted by atomic mass is 10.0. The lowest BCUT2D eigenvalue weighted by Crippen LogP contribution is -2.45. The Balaban J connectivity index is 3.36. The fourth-order valence-corrected chi connectivity index (χ4v) is 9.64. The van der Waals surface area contributed by atoms with Crippen LogP contribution in [0.2, 0.25) is 0 Å². The predicted molar refractivity (Wildman–Crippen MR) is 292 cm³/mol. The van der Waals surface area contributed by atoms with Gasteiger partial charge in [0.2, 0.25) is 5.91 Å². The van der Waals surface area contributed by atoms with E-state index >= 15 is 0 Å². The van der Waals surface area contributed by atoms with E-state index in [2.05, 4.69) is 31.3 Å². The van der Waals surface area contributed by atoms with Crippen LogP contribution in [-0.4, -0.2) is 47.4 Å². The van der Waals surface area contributed by atoms with Gasteiger partial charge in [-0.15, -0.1) is 0 Å². The van der Waals surface area contributed by atoms with Gasteiger partial charge in [-0.1, -0.05) is 289 Å². The Morgan fingerprint density at radius 1 is 0.403 bits per heavy atom. The van der Waals surface area contributed by atoms with Crippen LogP contribution in [0.4, 0.5) is 0 Å². The fraction of sp³-hybridized carbons (Fsp3) is 0.934. The molecule has 0 spiro atoms. The van der Waals surface area contributed by atoms with Crippen molar-refractivity contribution in [2.75, 3.05) is 13.2 Å². The summed E-state index contributed by atoms with van der Waals surface area (Å²) in [6.45, 7) is 4.95. The van der Waals surface area contributed by atoms with Gasteiger partial charge in [-0.25, -0.2) is 0 Å². The number of nitrogens with one attached hydrogen (secondary N) is 1. The number of aliphatic hydroxyl groups is 2. The Labute approximate surface area is 419 Å². The van der Waals surface area contributed by atoms with Gasteiger partial charge in [0.05, 0.1) is 25.4 Å². The maximum Gasteiger partial charge on any atom is 0.305 e. The first-order chi connectivity index (χ1) is 33.0. The summed E-state index contributed by atoms with van der Waals surface area (Å²) in [5.41, 5.74) is 0. The normalized spacial score (nSPS) is 12.6. The van der Waals surface area contributed by atoms with Crippen molar-refractivity contribution in [3.63, 3.8) is 0 Å². The zero-order chi connectivity index (χ0) is 48.6. The number of amides is 1. The van der Waals surface area contributed by atoms with E-state index in [1.165, 1.54) is 263 Å². The van der Waals surface area contributed by atoms with Crippen LogP contribution in [0.25, 0.3) is 0 Å². The lowest BCUT2D eigenvalue weighted by molar-refractivity contribution is -0.143. The van der Waals surface area contributed by atoms with Gasteiger partial charge in [-0.2, -0.15) is 0 Å². The summed E-state index contributed by atoms with van der Waals surface area (Å²) in [4.78, 5) is 24.5. The van der Waals surface area contributed by atoms with Gasteiger partial charge in [-0.3, -0.25) is 9.59 Å². The van der Waals surface area contributed by atoms with Crippen molar-refractivity contribution in [2.24, 2.45) is 0 Å². The van der Waals surface area contributed by atoms with Crippen LogP contribution in [0.1, 0.15) is 341 Å². The number of ether oxygens (including phenoxy) is 1. The molecule has 0 aromatic heterocycles. The first kappa shape index (κ1) is 65.6. The van der Waals surface area contributed by atoms with Crippen molar-refractivity contribution in [1.29, 1.82) is 0 Å². The lowest BCUT2D eigenvalue weighted by Gasteiger charge is -2.22. The van der Waals surface area contributed by atoms with E-state index in [-0.39, 0.29) is 18.5 Å². The largest absolute Gasteiger partial charge is 0.466 e. The summed E-state index contributed by atoms with van der Waals surface area (Å²) in [6, 6.07) is -0.540. The molecule has 67 heavy (non-hydrogen) atoms. The first-order valence-electron chi connectivity index (χ1n) is 30.4. The van der Waals surface area contributed by atoms with Crippen LogP contribution in [0.5, 0.6) is 0 Å². The summed E-state index contributed by atoms with van der Waals surface area (Å²) in [5.74, 6) is -0.0269. The molecule has 2 unspecified atom stereocenters. The highest BCUT2D eigenvalue weighted by atomic mass is 16.5. The third-order valence-corrected chi connectivity index (χ3v) is 14.3. The highest BCUT2D eigenvalue weighted by Gasteiger charge is 2.20. The minimum Gasteiger partial charge on any atom is -0.466 e. The highest BCUT2D eigenvalue weighted by Crippen LogP contribution is 2.18. The van der Waals surface area contributed by atoms with E-state index in [1.807, 2.05) is 0 Å². The van der Waals surface area contributed by atoms with Crippen LogP contribution >= 0.6 is 0 Å². The van der Waals surface area contributed by atoms with Gasteiger partial charge in [0.1, 0.15) is 0 Å². The number of rotatable bonds is 57. The van der Waals surface area contributed by atoms with E-state index in [1.54, 1.807) is 0 Å². The number of unbranched alkanes of at least 4 members (excludes halogenated alkanes) is 44. The molecule has 0 aliphatic carbocycles. The smallest absolute Gasteiger partial charge is 0.305 e. The minimum absolute atomic E-state index is 0.00568. The molecule has 6 heteroatoms. The Morgan fingerprint density at radius 3 is 1.07 bits per heavy atom. The zero-order valence-corrected chi connectivity index (χ0v) is 45.4. The number of carbonyl (C=O) groups excluding carboxylic acids is 2. The topological polar surface area (TPSA) is 95.9 Å². The van der Waals surface area contributed by atoms with Gasteiger partial charge >= 0.3 is 5.97 Å². The summed E-state index contributed by atoms with van der Waals surface area (Å²) < 4.78 is 5.47. The van der Waals surface area contributed by atoms with Gasteiger partial charge < -0.3 is 20.3 Å². The van der Waals surface area contributed by atoms with Gasteiger partial charge in [-0.05, 0) is 51.4 Å². The van der Waals surface area contributed by atoms with Crippen molar-refractivity contribution >= 4 is 11.9 Å². The van der Waals surface area contributed by atoms with Gasteiger partial charge in [0.15, 0.2) is 0 Å². The van der Waals surface area contributed by atoms with Crippen molar-refractivity contribution in [1.82, 2.24) is 5.32 Å². The molecule has 0 rings (SSSR count). The third-order valence-electron chi connectivity index (χ3n) is 14.3. The summed E-state index contributed by atoms with van der Waals surface area (Å²) in [7, 11) is 0. The molecule has 398 valence electrons. The van der Waals surface area contributed by atoms with E-state index in [0.29, 0.717) is 25.9 Å². The number of esters is 1. The molecule has 0 saturated heterocycles. The Hall–Kier alpha value is -1.40. The molecule has 0 bridgehead atoms. The quantitative estimate of drug-likeness (QED) is 0.0321. The SMILES string of the molecule is CCCCCC/C=C\CCCCCCCC(=O)OCCCCCCCCCCCCCCCCCCCCCCCCCC(=O)NC(CO)C(O)CCCCCCCCCCCCCCCC. The minimum atomic E-state index is -0.662. The second-order valence-electron chi connectivity index (χ2n) is 21.0. The molecular formula is C61H119NO5.